The molecule has 2 N–H and O–H groups in total. The number of benzene rings is 1. The monoisotopic (exact) mass is 1530 g/mol. The highest BCUT2D eigenvalue weighted by atomic mass is 32.1. The lowest BCUT2D eigenvalue weighted by Gasteiger charge is -2.25. The number of aryl methyl sites for hydroxylation is 1. The predicted octanol–water partition coefficient (Wildman–Crippen LogP) is 6.10. The van der Waals surface area contributed by atoms with Crippen molar-refractivity contribution >= 4 is 33.8 Å². The molecule has 614 valence electrons. The largest absolute Gasteiger partial charge is 0.546 e. The first kappa shape index (κ1) is 97.8. The van der Waals surface area contributed by atoms with Gasteiger partial charge in [-0.1, -0.05) is 0 Å². The summed E-state index contributed by atoms with van der Waals surface area (Å²) in [6, 6.07) is 5.88. The number of aliphatic hydroxyl groups is 2. The van der Waals surface area contributed by atoms with Crippen molar-refractivity contribution in [3.05, 3.63) is 35.3 Å². The van der Waals surface area contributed by atoms with Crippen LogP contribution in [0.4, 0.5) is 16.5 Å². The number of aliphatic carboxylic acids is 1. The zero-order valence-electron chi connectivity index (χ0n) is 66.1. The van der Waals surface area contributed by atoms with Crippen molar-refractivity contribution in [2.45, 2.75) is 196 Å². The number of carboxylic acids is 1. The third kappa shape index (κ3) is 57.5. The highest BCUT2D eigenvalue weighted by Gasteiger charge is 2.19. The molecule has 0 radical (unpaired) electrons. The molecule has 1 aromatic heterocycles. The molecule has 1 aromatic carbocycles. The number of carbonyl (C=O) groups is 1. The van der Waals surface area contributed by atoms with Crippen molar-refractivity contribution in [1.29, 1.82) is 0 Å². The summed E-state index contributed by atoms with van der Waals surface area (Å²) in [5.74, 6) is -1.21. The van der Waals surface area contributed by atoms with Crippen LogP contribution in [-0.2, 0) is 116 Å². The first-order valence-electron chi connectivity index (χ1n) is 37.5. The first-order valence-corrected chi connectivity index (χ1v) is 38.3. The zero-order chi connectivity index (χ0) is 77.1. The van der Waals surface area contributed by atoms with E-state index in [4.69, 9.17) is 104 Å². The zero-order valence-corrected chi connectivity index (χ0v) is 66.9. The molecule has 0 saturated carbocycles. The molecule has 0 aliphatic carbocycles. The Morgan fingerprint density at radius 3 is 0.905 bits per heavy atom. The number of ether oxygens (including phenoxy) is 22. The van der Waals surface area contributed by atoms with E-state index in [9.17, 15) is 20.1 Å². The van der Waals surface area contributed by atoms with E-state index < -0.39 is 18.2 Å². The van der Waals surface area contributed by atoms with Gasteiger partial charge in [-0.25, -0.2) is 4.57 Å². The highest BCUT2D eigenvalue weighted by Crippen LogP contribution is 2.27. The van der Waals surface area contributed by atoms with Gasteiger partial charge < -0.3 is 129 Å². The van der Waals surface area contributed by atoms with Crippen molar-refractivity contribution in [2.75, 3.05) is 229 Å². The minimum atomic E-state index is -1.21. The number of aliphatic hydroxyl groups excluding tert-OH is 2. The molecule has 30 nitrogen and oxygen atoms in total. The minimum absolute atomic E-state index is 0.100. The van der Waals surface area contributed by atoms with Crippen LogP contribution in [0.15, 0.2) is 40.0 Å². The van der Waals surface area contributed by atoms with Gasteiger partial charge in [0.2, 0.25) is 0 Å². The molecule has 2 aromatic rings. The average Bonchev–Trinajstić information content (AvgIpc) is 1.57. The van der Waals surface area contributed by atoms with Crippen LogP contribution in [-0.4, -0.2) is 326 Å². The van der Waals surface area contributed by atoms with Gasteiger partial charge in [0, 0.05) is 24.2 Å². The number of carbonyl (C=O) groups excluding carboxylic acids is 1. The van der Waals surface area contributed by atoms with Gasteiger partial charge in [-0.3, -0.25) is 0 Å². The second-order valence-corrected chi connectivity index (χ2v) is 27.2. The van der Waals surface area contributed by atoms with E-state index in [0.717, 1.165) is 11.3 Å². The SMILES string of the molecule is Cc1cc(N(CCOCCOCCOCCOCCOCC(C)OCC(C)OCC(C)OCC(C)OCC(C)OCC(C)OCC(C)O)CCOCCOCCOCCOCCOCC(C)OCC(C)OCC(C)OCC(C)OCC(C)OCC(C)OCC(C)O)ccc1/N=N/c1scc[n+]1CC(=O)[O-]. The molecule has 0 saturated heterocycles. The van der Waals surface area contributed by atoms with Crippen molar-refractivity contribution in [1.82, 2.24) is 0 Å². The maximum absolute atomic E-state index is 11.2. The molecule has 105 heavy (non-hydrogen) atoms. The van der Waals surface area contributed by atoms with Crippen molar-refractivity contribution in [3.63, 3.8) is 0 Å². The van der Waals surface area contributed by atoms with Crippen LogP contribution in [0.25, 0.3) is 0 Å². The summed E-state index contributed by atoms with van der Waals surface area (Å²) in [7, 11) is 0. The van der Waals surface area contributed by atoms with Gasteiger partial charge in [0.1, 0.15) is 18.4 Å². The summed E-state index contributed by atoms with van der Waals surface area (Å²) in [4.78, 5) is 13.4. The lowest BCUT2D eigenvalue weighted by Crippen LogP contribution is -2.42. The van der Waals surface area contributed by atoms with Gasteiger partial charge in [-0.2, -0.15) is 0 Å². The fraction of sp³-hybridized carbons (Fsp3) is 0.865. The molecule has 0 bridgehead atoms. The number of carboxylic acid groups (broad SMARTS) is 1. The van der Waals surface area contributed by atoms with Crippen molar-refractivity contribution in [2.24, 2.45) is 10.2 Å². The van der Waals surface area contributed by atoms with Crippen LogP contribution >= 0.6 is 11.3 Å². The summed E-state index contributed by atoms with van der Waals surface area (Å²) in [6.45, 7) is 43.1. The van der Waals surface area contributed by atoms with E-state index in [-0.39, 0.29) is 93.0 Å². The summed E-state index contributed by atoms with van der Waals surface area (Å²) in [5, 5.41) is 40.9. The molecule has 0 amide bonds. The number of hydrogen-bond acceptors (Lipinski definition) is 30. The van der Waals surface area contributed by atoms with Gasteiger partial charge in [0.05, 0.1) is 308 Å². The number of azo groups is 1. The summed E-state index contributed by atoms with van der Waals surface area (Å²) in [5.41, 5.74) is 2.50. The quantitative estimate of drug-likeness (QED) is 0.0429. The first-order chi connectivity index (χ1) is 50.5. The van der Waals surface area contributed by atoms with E-state index in [1.54, 1.807) is 25.4 Å². The maximum Gasteiger partial charge on any atom is 0.408 e. The fourth-order valence-electron chi connectivity index (χ4n) is 8.84. The van der Waals surface area contributed by atoms with Gasteiger partial charge in [-0.15, -0.1) is 0 Å². The molecule has 14 atom stereocenters. The Morgan fingerprint density at radius 1 is 0.381 bits per heavy atom. The van der Waals surface area contributed by atoms with E-state index in [2.05, 4.69) is 15.1 Å². The molecule has 0 fully saturated rings. The van der Waals surface area contributed by atoms with Crippen LogP contribution in [0, 0.1) is 6.92 Å². The highest BCUT2D eigenvalue weighted by molar-refractivity contribution is 7.12. The van der Waals surface area contributed by atoms with E-state index >= 15 is 0 Å². The Bertz CT molecular complexity index is 2260. The molecular formula is C74H136N4O26S. The Kier molecular flexibility index (Phi) is 60.0. The van der Waals surface area contributed by atoms with Crippen LogP contribution in [0.2, 0.25) is 0 Å². The maximum atomic E-state index is 11.2. The molecule has 0 aliphatic heterocycles. The number of nitrogens with zero attached hydrogens (tertiary/aromatic N) is 4. The Morgan fingerprint density at radius 2 is 0.638 bits per heavy atom. The second-order valence-electron chi connectivity index (χ2n) is 26.3. The van der Waals surface area contributed by atoms with Crippen molar-refractivity contribution < 1.29 is 129 Å². The third-order valence-corrected chi connectivity index (χ3v) is 15.6. The molecule has 1 heterocycles. The summed E-state index contributed by atoms with van der Waals surface area (Å²) < 4.78 is 129. The summed E-state index contributed by atoms with van der Waals surface area (Å²) in [6.07, 6.45) is -0.692. The smallest absolute Gasteiger partial charge is 0.408 e. The summed E-state index contributed by atoms with van der Waals surface area (Å²) >= 11 is 1.29. The molecular weight excluding hydrogens is 1390 g/mol. The Hall–Kier alpha value is -3.24. The normalized spacial score (nSPS) is 16.2. The Labute approximate surface area is 631 Å². The lowest BCUT2D eigenvalue weighted by atomic mass is 10.1. The number of aromatic nitrogens is 1. The molecule has 0 spiro atoms. The number of rotatable bonds is 75. The molecule has 31 heteroatoms. The van der Waals surface area contributed by atoms with Crippen LogP contribution in [0.1, 0.15) is 102 Å². The van der Waals surface area contributed by atoms with E-state index in [0.29, 0.717) is 222 Å². The van der Waals surface area contributed by atoms with Crippen LogP contribution in [0.3, 0.4) is 0 Å². The van der Waals surface area contributed by atoms with E-state index in [1.807, 2.05) is 108 Å². The lowest BCUT2D eigenvalue weighted by molar-refractivity contribution is -0.674. The second kappa shape index (κ2) is 64.4. The minimum Gasteiger partial charge on any atom is -0.546 e. The molecule has 2 rings (SSSR count). The Balaban J connectivity index is 1.53. The van der Waals surface area contributed by atoms with Gasteiger partial charge in [0.25, 0.3) is 0 Å². The molecule has 0 aliphatic rings. The van der Waals surface area contributed by atoms with Gasteiger partial charge in [-0.05, 0) is 144 Å². The number of hydrogen-bond donors (Lipinski definition) is 2. The topological polar surface area (TPSA) is 315 Å². The fourth-order valence-corrected chi connectivity index (χ4v) is 9.52. The van der Waals surface area contributed by atoms with Gasteiger partial charge in [0.15, 0.2) is 0 Å². The average molecular weight is 1530 g/mol. The third-order valence-electron chi connectivity index (χ3n) is 14.8. The van der Waals surface area contributed by atoms with Crippen molar-refractivity contribution in [3.8, 4) is 0 Å². The number of thiazole rings is 1. The number of anilines is 1. The standard InChI is InChI=1S/C74H136N4O26S/c1-56-40-71(16-17-72(56)75-76-74-78(20-39-105-74)41-73(81)82)77(18-21-83-23-25-85-27-29-87-31-33-89-35-37-91-44-59(4)95-48-63(8)99-52-67(12)103-54-69(14)101-50-65(10)97-46-61(6)93-42-57(2)79)19-22-84-24-26-86-28-30-88-32-34-90-36-38-92-45-60(5)96-49-64(9)100-53-68(13)104-55-70(15)102-51-66(11)98-47-62(7)94-43-58(3)80/h16-17,20,39-40,57-70,79-80H,18-19,21-38,41-55H2,1-15H3. The molecule has 14 unspecified atom stereocenters. The predicted molar refractivity (Wildman–Crippen MR) is 394 cm³/mol. The van der Waals surface area contributed by atoms with Gasteiger partial charge >= 0.3 is 5.13 Å². The van der Waals surface area contributed by atoms with Crippen LogP contribution < -0.4 is 14.6 Å². The van der Waals surface area contributed by atoms with Crippen LogP contribution in [0.5, 0.6) is 0 Å². The van der Waals surface area contributed by atoms with E-state index in [1.165, 1.54) is 15.9 Å².